The topological polar surface area (TPSA) is 145 Å². The second-order valence-electron chi connectivity index (χ2n) is 15.0. The Labute approximate surface area is 285 Å². The highest BCUT2D eigenvalue weighted by molar-refractivity contribution is 5.97. The Bertz CT molecular complexity index is 1370. The van der Waals surface area contributed by atoms with E-state index < -0.39 is 28.5 Å². The van der Waals surface area contributed by atoms with Gasteiger partial charge in [0.2, 0.25) is 23.6 Å². The lowest BCUT2D eigenvalue weighted by molar-refractivity contribution is -0.384. The second kappa shape index (κ2) is 16.5. The van der Waals surface area contributed by atoms with Gasteiger partial charge in [0.1, 0.15) is 12.1 Å². The molecule has 2 heterocycles. The number of nitro groups is 1. The van der Waals surface area contributed by atoms with Crippen LogP contribution in [-0.2, 0) is 25.7 Å². The largest absolute Gasteiger partial charge is 0.350 e. The molecule has 0 saturated carbocycles. The fraction of sp³-hybridized carbons (Fsp3) is 0.667. The van der Waals surface area contributed by atoms with Gasteiger partial charge in [-0.05, 0) is 69.9 Å². The van der Waals surface area contributed by atoms with Crippen molar-refractivity contribution in [1.82, 2.24) is 25.3 Å². The summed E-state index contributed by atoms with van der Waals surface area (Å²) in [4.78, 5) is 70.7. The number of likely N-dealkylation sites (N-methyl/N-ethyl adjacent to an activating group) is 1. The Balaban J connectivity index is 1.74. The number of nitrogens with zero attached hydrogens (tertiary/aromatic N) is 4. The van der Waals surface area contributed by atoms with E-state index in [9.17, 15) is 29.3 Å². The van der Waals surface area contributed by atoms with Gasteiger partial charge in [0.05, 0.1) is 17.0 Å². The summed E-state index contributed by atoms with van der Waals surface area (Å²) in [6.45, 7) is 17.1. The average Bonchev–Trinajstić information content (AvgIpc) is 3.53. The molecule has 2 aliphatic rings. The Morgan fingerprint density at radius 3 is 2.29 bits per heavy atom. The number of carbonyl (C=O) groups is 4. The molecule has 0 bridgehead atoms. The van der Waals surface area contributed by atoms with Gasteiger partial charge in [0.25, 0.3) is 5.69 Å². The van der Waals surface area contributed by atoms with Crippen LogP contribution in [0.4, 0.5) is 5.69 Å². The van der Waals surface area contributed by atoms with E-state index >= 15 is 0 Å². The quantitative estimate of drug-likeness (QED) is 0.191. The molecular weight excluding hydrogens is 612 g/mol. The lowest BCUT2D eigenvalue weighted by atomic mass is 9.84. The molecule has 2 saturated heterocycles. The van der Waals surface area contributed by atoms with Crippen molar-refractivity contribution >= 4 is 29.3 Å². The number of nitro benzene ring substituents is 1. The van der Waals surface area contributed by atoms with Crippen molar-refractivity contribution in [3.63, 3.8) is 0 Å². The molecule has 4 amide bonds. The number of non-ortho nitro benzene ring substituents is 1. The molecule has 2 fully saturated rings. The summed E-state index contributed by atoms with van der Waals surface area (Å²) in [5.41, 5.74) is 0.409. The summed E-state index contributed by atoms with van der Waals surface area (Å²) in [7, 11) is 1.72. The minimum absolute atomic E-state index is 0.0413. The van der Waals surface area contributed by atoms with Crippen LogP contribution in [0.2, 0.25) is 0 Å². The number of hydrogen-bond donors (Lipinski definition) is 2. The summed E-state index contributed by atoms with van der Waals surface area (Å²) < 4.78 is 0. The average molecular weight is 669 g/mol. The standard InChI is InChI=1S/C36H56N6O6/c1-23(2)30(39(9)35(46)31(36(6,7)8)38-33(44)29-16-10-11-18-40(29)24(3)4)20-25(5)34(45)41-19-13-17-28(41)32(43)37-22-26-14-12-15-27(21-26)42(47)48/h12,14-15,20-21,23-24,28-31H,10-11,13,16-19,22H2,1-9H3,(H,37,43)(H,38,44)/b25-20+/t28-,29?,30+,31+/m0/s1. The van der Waals surface area contributed by atoms with Crippen LogP contribution >= 0.6 is 0 Å². The highest BCUT2D eigenvalue weighted by Crippen LogP contribution is 2.27. The predicted octanol–water partition coefficient (Wildman–Crippen LogP) is 4.43. The van der Waals surface area contributed by atoms with E-state index in [1.165, 1.54) is 12.1 Å². The first-order chi connectivity index (χ1) is 22.4. The van der Waals surface area contributed by atoms with Gasteiger partial charge in [-0.3, -0.25) is 34.2 Å². The van der Waals surface area contributed by atoms with E-state index in [2.05, 4.69) is 29.4 Å². The third-order valence-electron chi connectivity index (χ3n) is 9.55. The lowest BCUT2D eigenvalue weighted by Gasteiger charge is -2.41. The number of amides is 4. The number of rotatable bonds is 12. The van der Waals surface area contributed by atoms with E-state index in [-0.39, 0.29) is 53.9 Å². The molecule has 48 heavy (non-hydrogen) atoms. The van der Waals surface area contributed by atoms with E-state index in [1.807, 2.05) is 34.6 Å². The predicted molar refractivity (Wildman–Crippen MR) is 186 cm³/mol. The highest BCUT2D eigenvalue weighted by atomic mass is 16.6. The maximum Gasteiger partial charge on any atom is 0.269 e. The minimum atomic E-state index is -0.769. The normalized spacial score (nSPS) is 20.4. The van der Waals surface area contributed by atoms with Gasteiger partial charge in [-0.25, -0.2) is 0 Å². The molecule has 0 spiro atoms. The van der Waals surface area contributed by atoms with Gasteiger partial charge in [-0.1, -0.05) is 59.2 Å². The summed E-state index contributed by atoms with van der Waals surface area (Å²) in [6, 6.07) is 4.15. The third kappa shape index (κ3) is 9.64. The van der Waals surface area contributed by atoms with Crippen LogP contribution in [-0.4, -0.2) is 93.6 Å². The first-order valence-electron chi connectivity index (χ1n) is 17.3. The van der Waals surface area contributed by atoms with Gasteiger partial charge in [-0.15, -0.1) is 0 Å². The number of benzene rings is 1. The van der Waals surface area contributed by atoms with E-state index in [0.29, 0.717) is 30.5 Å². The number of carbonyl (C=O) groups excluding carboxylic acids is 4. The Kier molecular flexibility index (Phi) is 13.3. The smallest absolute Gasteiger partial charge is 0.269 e. The number of nitrogens with one attached hydrogen (secondary N) is 2. The molecule has 0 aliphatic carbocycles. The van der Waals surface area contributed by atoms with Gasteiger partial charge < -0.3 is 20.4 Å². The van der Waals surface area contributed by atoms with E-state index in [0.717, 1.165) is 25.8 Å². The molecule has 1 unspecified atom stereocenters. The zero-order valence-corrected chi connectivity index (χ0v) is 30.2. The fourth-order valence-electron chi connectivity index (χ4n) is 6.77. The molecule has 0 aromatic heterocycles. The van der Waals surface area contributed by atoms with Crippen LogP contribution in [0.25, 0.3) is 0 Å². The van der Waals surface area contributed by atoms with Crippen molar-refractivity contribution in [3.05, 3.63) is 51.6 Å². The zero-order chi connectivity index (χ0) is 35.9. The van der Waals surface area contributed by atoms with Gasteiger partial charge in [0.15, 0.2) is 0 Å². The van der Waals surface area contributed by atoms with Gasteiger partial charge in [-0.2, -0.15) is 0 Å². The van der Waals surface area contributed by atoms with Crippen LogP contribution in [0.3, 0.4) is 0 Å². The molecule has 3 rings (SSSR count). The molecule has 0 radical (unpaired) electrons. The molecule has 266 valence electrons. The van der Waals surface area contributed by atoms with Crippen LogP contribution in [0, 0.1) is 21.4 Å². The first-order valence-corrected chi connectivity index (χ1v) is 17.3. The van der Waals surface area contributed by atoms with Crippen molar-refractivity contribution in [1.29, 1.82) is 0 Å². The summed E-state index contributed by atoms with van der Waals surface area (Å²) in [5.74, 6) is -0.985. The maximum absolute atomic E-state index is 14.1. The zero-order valence-electron chi connectivity index (χ0n) is 30.2. The molecule has 1 aromatic rings. The molecule has 2 N–H and O–H groups in total. The molecule has 2 aliphatic heterocycles. The SMILES string of the molecule is C/C(=C\[C@H](C(C)C)N(C)C(=O)[C@@H](NC(=O)C1CCCCN1C(C)C)C(C)(C)C)C(=O)N1CCC[C@H]1C(=O)NCc1cccc([N+](=O)[O-])c1. The van der Waals surface area contributed by atoms with Crippen molar-refractivity contribution in [2.45, 2.75) is 124 Å². The fourth-order valence-corrected chi connectivity index (χ4v) is 6.77. The number of hydrogen-bond acceptors (Lipinski definition) is 7. The summed E-state index contributed by atoms with van der Waals surface area (Å²) >= 11 is 0. The van der Waals surface area contributed by atoms with E-state index in [4.69, 9.17) is 0 Å². The first kappa shape index (κ1) is 38.6. The van der Waals surface area contributed by atoms with Crippen LogP contribution in [0.1, 0.15) is 93.1 Å². The second-order valence-corrected chi connectivity index (χ2v) is 15.0. The Hall–Kier alpha value is -3.80. The number of piperidine rings is 1. The minimum Gasteiger partial charge on any atom is -0.350 e. The molecular formula is C36H56N6O6. The lowest BCUT2D eigenvalue weighted by Crippen LogP contribution is -2.60. The molecule has 1 aromatic carbocycles. The molecule has 12 nitrogen and oxygen atoms in total. The third-order valence-corrected chi connectivity index (χ3v) is 9.55. The van der Waals surface area contributed by atoms with Crippen molar-refractivity contribution in [2.75, 3.05) is 20.1 Å². The Morgan fingerprint density at radius 1 is 1.02 bits per heavy atom. The van der Waals surface area contributed by atoms with Gasteiger partial charge >= 0.3 is 0 Å². The summed E-state index contributed by atoms with van der Waals surface area (Å²) in [5, 5.41) is 17.1. The monoisotopic (exact) mass is 668 g/mol. The van der Waals surface area contributed by atoms with Gasteiger partial charge in [0, 0.05) is 43.9 Å². The van der Waals surface area contributed by atoms with Crippen molar-refractivity contribution in [3.8, 4) is 0 Å². The maximum atomic E-state index is 14.1. The van der Waals surface area contributed by atoms with Crippen molar-refractivity contribution < 1.29 is 24.1 Å². The Morgan fingerprint density at radius 2 is 1.69 bits per heavy atom. The summed E-state index contributed by atoms with van der Waals surface area (Å²) in [6.07, 6.45) is 5.75. The molecule has 4 atom stereocenters. The van der Waals surface area contributed by atoms with Crippen LogP contribution < -0.4 is 10.6 Å². The van der Waals surface area contributed by atoms with Crippen LogP contribution in [0.15, 0.2) is 35.9 Å². The van der Waals surface area contributed by atoms with Crippen LogP contribution in [0.5, 0.6) is 0 Å². The van der Waals surface area contributed by atoms with Crippen molar-refractivity contribution in [2.24, 2.45) is 11.3 Å². The highest BCUT2D eigenvalue weighted by Gasteiger charge is 2.40. The van der Waals surface area contributed by atoms with E-state index in [1.54, 1.807) is 42.0 Å². The molecule has 12 heteroatoms. The number of likely N-dealkylation sites (tertiary alicyclic amines) is 2.